The SMILES string of the molecule is C=CCOC12Oc3ccc(OC(=O)Nc4ccc(OC)cc4OC)cc3C3C(CCCCO)C(CCCCO)C=C(C(=NOC(C)(C)C)CC1N(CCC)C(=O)c1ccc4c(c1)OCO4)C32. The molecule has 0 radical (unpaired) electrons. The lowest BCUT2D eigenvalue weighted by Gasteiger charge is -2.60. The number of nitrogens with one attached hydrogen (secondary N) is 1. The first-order valence-corrected chi connectivity index (χ1v) is 23.1. The van der Waals surface area contributed by atoms with Crippen molar-refractivity contribution in [2.75, 3.05) is 52.7 Å². The number of benzene rings is 3. The Bertz CT molecular complexity index is 2270. The molecule has 6 unspecified atom stereocenters. The molecule has 356 valence electrons. The number of ether oxygens (including phenoxy) is 7. The molecular formula is C51H65N3O12. The van der Waals surface area contributed by atoms with Gasteiger partial charge >= 0.3 is 6.09 Å². The Morgan fingerprint density at radius 3 is 2.39 bits per heavy atom. The van der Waals surface area contributed by atoms with E-state index >= 15 is 4.79 Å². The van der Waals surface area contributed by atoms with Gasteiger partial charge in [-0.25, -0.2) is 4.79 Å². The van der Waals surface area contributed by atoms with E-state index in [9.17, 15) is 15.0 Å². The van der Waals surface area contributed by atoms with Crippen LogP contribution in [0.1, 0.15) is 101 Å². The number of aliphatic hydroxyl groups is 2. The number of aliphatic hydroxyl groups excluding tert-OH is 2. The quantitative estimate of drug-likeness (QED) is 0.0558. The molecule has 1 fully saturated rings. The third-order valence-corrected chi connectivity index (χ3v) is 12.7. The predicted molar refractivity (Wildman–Crippen MR) is 249 cm³/mol. The maximum absolute atomic E-state index is 15.1. The van der Waals surface area contributed by atoms with Gasteiger partial charge in [-0.1, -0.05) is 37.1 Å². The van der Waals surface area contributed by atoms with E-state index in [2.05, 4.69) is 18.0 Å². The molecule has 0 spiro atoms. The van der Waals surface area contributed by atoms with E-state index in [1.165, 1.54) is 7.11 Å². The van der Waals surface area contributed by atoms with Crippen LogP contribution in [0.2, 0.25) is 0 Å². The maximum Gasteiger partial charge on any atom is 0.417 e. The molecule has 4 aliphatic rings. The summed E-state index contributed by atoms with van der Waals surface area (Å²) in [5, 5.41) is 27.7. The minimum absolute atomic E-state index is 0.00311. The van der Waals surface area contributed by atoms with Gasteiger partial charge in [-0.15, -0.1) is 6.58 Å². The van der Waals surface area contributed by atoms with Gasteiger partial charge in [0.25, 0.3) is 5.91 Å². The number of hydrogen-bond acceptors (Lipinski definition) is 13. The van der Waals surface area contributed by atoms with E-state index in [-0.39, 0.29) is 62.4 Å². The highest BCUT2D eigenvalue weighted by molar-refractivity contribution is 6.03. The fourth-order valence-electron chi connectivity index (χ4n) is 9.88. The molecule has 15 nitrogen and oxygen atoms in total. The van der Waals surface area contributed by atoms with Crippen molar-refractivity contribution in [2.24, 2.45) is 22.9 Å². The Labute approximate surface area is 387 Å². The average molecular weight is 912 g/mol. The van der Waals surface area contributed by atoms with Gasteiger partial charge in [0.1, 0.15) is 34.6 Å². The number of methoxy groups -OCH3 is 2. The Balaban J connectivity index is 1.41. The maximum atomic E-state index is 15.1. The highest BCUT2D eigenvalue weighted by Crippen LogP contribution is 2.62. The highest BCUT2D eigenvalue weighted by atomic mass is 16.7. The Morgan fingerprint density at radius 2 is 1.68 bits per heavy atom. The number of rotatable bonds is 20. The van der Waals surface area contributed by atoms with Crippen LogP contribution in [0.3, 0.4) is 0 Å². The van der Waals surface area contributed by atoms with Gasteiger partial charge in [-0.05, 0) is 119 Å². The Morgan fingerprint density at radius 1 is 0.939 bits per heavy atom. The third-order valence-electron chi connectivity index (χ3n) is 12.7. The molecule has 0 aromatic heterocycles. The van der Waals surface area contributed by atoms with Crippen LogP contribution in [0.25, 0.3) is 0 Å². The van der Waals surface area contributed by atoms with Gasteiger partial charge in [-0.3, -0.25) is 10.1 Å². The lowest BCUT2D eigenvalue weighted by atomic mass is 9.55. The standard InChI is InChI=1S/C51H65N3O12/c1-8-22-54(48(57)33-16-20-42-44(27-33)62-31-61-42)45-30-40(53-66-50(3,4)5)37-26-32(14-10-12-23-55)36(15-11-13-24-56)46-38-28-35(18-21-41(38)65-51(45,47(37)46)63-25-9-2)64-49(58)52-39-19-17-34(59-6)29-43(39)60-7/h9,16-21,26-29,32,36,45-47,55-56H,2,8,10-15,22-25,30-31H2,1,3-7H3,(H,52,58). The molecule has 3 N–H and O–H groups in total. The molecule has 2 heterocycles. The zero-order valence-corrected chi connectivity index (χ0v) is 39.0. The fraction of sp³-hybridized carbons (Fsp3) is 0.510. The second-order valence-corrected chi connectivity index (χ2v) is 18.1. The zero-order valence-electron chi connectivity index (χ0n) is 39.0. The molecule has 15 heteroatoms. The molecule has 7 rings (SSSR count). The summed E-state index contributed by atoms with van der Waals surface area (Å²) in [5.41, 5.74) is 2.56. The summed E-state index contributed by atoms with van der Waals surface area (Å²) in [4.78, 5) is 36.9. The summed E-state index contributed by atoms with van der Waals surface area (Å²) in [6, 6.07) is 14.9. The van der Waals surface area contributed by atoms with Crippen molar-refractivity contribution < 1.29 is 57.8 Å². The van der Waals surface area contributed by atoms with Crippen molar-refractivity contribution >= 4 is 23.4 Å². The van der Waals surface area contributed by atoms with Crippen LogP contribution in [-0.2, 0) is 9.57 Å². The highest BCUT2D eigenvalue weighted by Gasteiger charge is 2.65. The molecule has 2 aliphatic carbocycles. The van der Waals surface area contributed by atoms with E-state index in [1.807, 2.05) is 38.7 Å². The van der Waals surface area contributed by atoms with Crippen molar-refractivity contribution in [1.82, 2.24) is 4.90 Å². The second kappa shape index (κ2) is 21.2. The predicted octanol–water partition coefficient (Wildman–Crippen LogP) is 9.03. The van der Waals surface area contributed by atoms with Gasteiger partial charge in [0.05, 0.1) is 38.1 Å². The number of oxime groups is 1. The van der Waals surface area contributed by atoms with Crippen LogP contribution < -0.4 is 33.7 Å². The summed E-state index contributed by atoms with van der Waals surface area (Å²) < 4.78 is 42.6. The van der Waals surface area contributed by atoms with Gasteiger partial charge in [0.2, 0.25) is 12.6 Å². The smallest absolute Gasteiger partial charge is 0.417 e. The normalized spacial score (nSPS) is 23.1. The van der Waals surface area contributed by atoms with E-state index in [0.29, 0.717) is 71.5 Å². The lowest BCUT2D eigenvalue weighted by molar-refractivity contribution is -0.254. The first kappa shape index (κ1) is 48.2. The number of fused-ring (bicyclic) bond motifs is 3. The summed E-state index contributed by atoms with van der Waals surface area (Å²) >= 11 is 0. The topological polar surface area (TPSA) is 176 Å². The van der Waals surface area contributed by atoms with E-state index in [4.69, 9.17) is 43.2 Å². The molecule has 0 bridgehead atoms. The fourth-order valence-corrected chi connectivity index (χ4v) is 9.88. The molecule has 6 atom stereocenters. The number of allylic oxidation sites excluding steroid dienone is 1. The van der Waals surface area contributed by atoms with Gasteiger partial charge in [0.15, 0.2) is 11.5 Å². The van der Waals surface area contributed by atoms with Crippen molar-refractivity contribution in [2.45, 2.75) is 102 Å². The molecule has 3 aromatic rings. The number of hydrogen-bond donors (Lipinski definition) is 3. The van der Waals surface area contributed by atoms with Crippen molar-refractivity contribution in [3.8, 4) is 34.5 Å². The molecule has 2 aliphatic heterocycles. The number of carbonyl (C=O) groups is 2. The van der Waals surface area contributed by atoms with E-state index in [0.717, 1.165) is 36.8 Å². The number of nitrogens with zero attached hydrogens (tertiary/aromatic N) is 2. The summed E-state index contributed by atoms with van der Waals surface area (Å²) in [6.45, 7) is 12.6. The van der Waals surface area contributed by atoms with E-state index < -0.39 is 29.4 Å². The number of anilines is 1. The molecule has 66 heavy (non-hydrogen) atoms. The first-order valence-electron chi connectivity index (χ1n) is 23.1. The molecule has 1 saturated carbocycles. The van der Waals surface area contributed by atoms with Crippen molar-refractivity contribution in [3.63, 3.8) is 0 Å². The van der Waals surface area contributed by atoms with Crippen molar-refractivity contribution in [3.05, 3.63) is 90.0 Å². The van der Waals surface area contributed by atoms with Gasteiger partial charge < -0.3 is 53.1 Å². The summed E-state index contributed by atoms with van der Waals surface area (Å²) in [7, 11) is 3.05. The molecule has 2 amide bonds. The second-order valence-electron chi connectivity index (χ2n) is 18.1. The summed E-state index contributed by atoms with van der Waals surface area (Å²) in [6.07, 6.45) is 8.40. The average Bonchev–Trinajstić information content (AvgIpc) is 3.79. The van der Waals surface area contributed by atoms with Gasteiger partial charge in [0, 0.05) is 49.3 Å². The Hall–Kier alpha value is -5.77. The minimum Gasteiger partial charge on any atom is -0.497 e. The van der Waals surface area contributed by atoms with Crippen LogP contribution >= 0.6 is 0 Å². The monoisotopic (exact) mass is 911 g/mol. The van der Waals surface area contributed by atoms with Crippen LogP contribution in [-0.4, -0.2) is 97.6 Å². The molecule has 3 aromatic carbocycles. The van der Waals surface area contributed by atoms with Crippen molar-refractivity contribution in [1.29, 1.82) is 0 Å². The zero-order chi connectivity index (χ0) is 47.0. The Kier molecular flexibility index (Phi) is 15.5. The lowest BCUT2D eigenvalue weighted by Crippen LogP contribution is -2.70. The van der Waals surface area contributed by atoms with Gasteiger partial charge in [-0.2, -0.15) is 0 Å². The first-order chi connectivity index (χ1) is 31.9. The van der Waals surface area contributed by atoms with Crippen LogP contribution in [0.15, 0.2) is 84.1 Å². The summed E-state index contributed by atoms with van der Waals surface area (Å²) in [5.74, 6) is 0.182. The minimum atomic E-state index is -1.48. The van der Waals surface area contributed by atoms with Crippen LogP contribution in [0.5, 0.6) is 34.5 Å². The van der Waals surface area contributed by atoms with E-state index in [1.54, 1.807) is 61.7 Å². The number of amides is 2. The van der Waals surface area contributed by atoms with Crippen LogP contribution in [0.4, 0.5) is 10.5 Å². The third kappa shape index (κ3) is 10.3. The number of carbonyl (C=O) groups excluding carboxylic acids is 2. The largest absolute Gasteiger partial charge is 0.497 e. The molecule has 0 saturated heterocycles. The van der Waals surface area contributed by atoms with Crippen LogP contribution in [0, 0.1) is 17.8 Å². The molecular weight excluding hydrogens is 847 g/mol. The number of unbranched alkanes of at least 4 members (excludes halogenated alkanes) is 2.